The highest BCUT2D eigenvalue weighted by molar-refractivity contribution is 5.83. The Kier molecular flexibility index (Phi) is 7.84. The van der Waals surface area contributed by atoms with Crippen molar-refractivity contribution in [3.8, 4) is 5.75 Å². The molecule has 1 heterocycles. The van der Waals surface area contributed by atoms with Crippen LogP contribution in [0.3, 0.4) is 0 Å². The molecule has 2 unspecified atom stereocenters. The van der Waals surface area contributed by atoms with Gasteiger partial charge in [0.05, 0.1) is 17.8 Å². The van der Waals surface area contributed by atoms with E-state index in [4.69, 9.17) is 4.74 Å². The molecule has 8 heteroatoms. The smallest absolute Gasteiger partial charge is 0.416 e. The van der Waals surface area contributed by atoms with Gasteiger partial charge in [0.1, 0.15) is 18.4 Å². The van der Waals surface area contributed by atoms with Crippen LogP contribution in [-0.4, -0.2) is 33.2 Å². The monoisotopic (exact) mass is 497 g/mol. The van der Waals surface area contributed by atoms with Crippen molar-refractivity contribution in [3.63, 3.8) is 0 Å². The number of likely N-dealkylation sites (N-methyl/N-ethyl adjacent to an activating group) is 2. The van der Waals surface area contributed by atoms with Crippen LogP contribution in [0.2, 0.25) is 0 Å². The average Bonchev–Trinajstić information content (AvgIpc) is 2.88. The van der Waals surface area contributed by atoms with Gasteiger partial charge in [-0.3, -0.25) is 10.1 Å². The number of carbonyl (C=O) groups excluding carboxylic acids is 1. The standard InChI is InChI=1S/C28H30F3N3O2/c1-32-27(35)26(20-6-4-3-5-7-20)33-23(14-10-19-8-12-22(13-9-19)28(29,30)31)21-11-15-24-25(18-21)36-17-16-34(24)2/h3-9,11-13,15,18,23,26,33H,10,14,16-17H2,1-2H3,(H,32,35). The van der Waals surface area contributed by atoms with Gasteiger partial charge in [0.15, 0.2) is 0 Å². The van der Waals surface area contributed by atoms with Crippen LogP contribution in [0.15, 0.2) is 72.8 Å². The van der Waals surface area contributed by atoms with Crippen molar-refractivity contribution in [3.05, 3.63) is 95.1 Å². The average molecular weight is 498 g/mol. The van der Waals surface area contributed by atoms with Gasteiger partial charge in [0.25, 0.3) is 0 Å². The lowest BCUT2D eigenvalue weighted by Crippen LogP contribution is -2.38. The summed E-state index contributed by atoms with van der Waals surface area (Å²) in [7, 11) is 3.61. The molecule has 0 aromatic heterocycles. The largest absolute Gasteiger partial charge is 0.490 e. The first-order chi connectivity index (χ1) is 17.3. The number of hydrogen-bond donors (Lipinski definition) is 2. The van der Waals surface area contributed by atoms with Gasteiger partial charge in [-0.15, -0.1) is 0 Å². The summed E-state index contributed by atoms with van der Waals surface area (Å²) in [6.45, 7) is 1.39. The number of nitrogens with one attached hydrogen (secondary N) is 2. The summed E-state index contributed by atoms with van der Waals surface area (Å²) in [6.07, 6.45) is -3.27. The second-order valence-electron chi connectivity index (χ2n) is 8.91. The van der Waals surface area contributed by atoms with Crippen molar-refractivity contribution < 1.29 is 22.7 Å². The molecule has 2 atom stereocenters. The number of fused-ring (bicyclic) bond motifs is 1. The quantitative estimate of drug-likeness (QED) is 0.445. The number of aryl methyl sites for hydroxylation is 1. The van der Waals surface area contributed by atoms with Crippen molar-refractivity contribution in [1.82, 2.24) is 10.6 Å². The lowest BCUT2D eigenvalue weighted by molar-refractivity contribution is -0.137. The number of carbonyl (C=O) groups is 1. The minimum absolute atomic E-state index is 0.172. The third-order valence-corrected chi connectivity index (χ3v) is 6.49. The maximum atomic E-state index is 13.0. The van der Waals surface area contributed by atoms with Crippen molar-refractivity contribution in [2.24, 2.45) is 0 Å². The molecule has 2 N–H and O–H groups in total. The van der Waals surface area contributed by atoms with Crippen LogP contribution in [0.5, 0.6) is 5.75 Å². The van der Waals surface area contributed by atoms with Crippen LogP contribution < -0.4 is 20.3 Å². The predicted octanol–water partition coefficient (Wildman–Crippen LogP) is 5.28. The van der Waals surface area contributed by atoms with Crippen molar-refractivity contribution in [2.45, 2.75) is 31.1 Å². The Morgan fingerprint density at radius 3 is 2.42 bits per heavy atom. The maximum absolute atomic E-state index is 13.0. The molecule has 0 spiro atoms. The molecule has 0 saturated carbocycles. The molecule has 36 heavy (non-hydrogen) atoms. The first kappa shape index (κ1) is 25.6. The number of benzene rings is 3. The Hall–Kier alpha value is -3.52. The van der Waals surface area contributed by atoms with Gasteiger partial charge in [-0.05, 0) is 53.8 Å². The van der Waals surface area contributed by atoms with Crippen LogP contribution in [-0.2, 0) is 17.4 Å². The minimum atomic E-state index is -4.37. The second-order valence-corrected chi connectivity index (χ2v) is 8.91. The van der Waals surface area contributed by atoms with Crippen molar-refractivity contribution in [1.29, 1.82) is 0 Å². The number of anilines is 1. The third-order valence-electron chi connectivity index (χ3n) is 6.49. The van der Waals surface area contributed by atoms with E-state index in [2.05, 4.69) is 15.5 Å². The van der Waals surface area contributed by atoms with Gasteiger partial charge >= 0.3 is 6.18 Å². The Morgan fingerprint density at radius 2 is 1.75 bits per heavy atom. The number of rotatable bonds is 8. The highest BCUT2D eigenvalue weighted by Crippen LogP contribution is 2.35. The van der Waals surface area contributed by atoms with E-state index in [1.54, 1.807) is 7.05 Å². The zero-order valence-corrected chi connectivity index (χ0v) is 20.3. The predicted molar refractivity (Wildman–Crippen MR) is 134 cm³/mol. The van der Waals surface area contributed by atoms with E-state index in [1.807, 2.05) is 55.6 Å². The lowest BCUT2D eigenvalue weighted by atomic mass is 9.95. The summed E-state index contributed by atoms with van der Waals surface area (Å²) in [4.78, 5) is 15.0. The topological polar surface area (TPSA) is 53.6 Å². The molecule has 3 aromatic rings. The van der Waals surface area contributed by atoms with Crippen LogP contribution >= 0.6 is 0 Å². The van der Waals surface area contributed by atoms with E-state index in [-0.39, 0.29) is 11.9 Å². The van der Waals surface area contributed by atoms with Gasteiger partial charge in [0, 0.05) is 20.1 Å². The molecule has 3 aromatic carbocycles. The third kappa shape index (κ3) is 5.99. The molecule has 190 valence electrons. The van der Waals surface area contributed by atoms with Gasteiger partial charge in [-0.1, -0.05) is 48.5 Å². The van der Waals surface area contributed by atoms with E-state index in [9.17, 15) is 18.0 Å². The summed E-state index contributed by atoms with van der Waals surface area (Å²) in [5.74, 6) is 0.605. The Balaban J connectivity index is 1.62. The fourth-order valence-electron chi connectivity index (χ4n) is 4.42. The Bertz CT molecular complexity index is 1170. The van der Waals surface area contributed by atoms with Gasteiger partial charge in [-0.2, -0.15) is 13.2 Å². The van der Waals surface area contributed by atoms with E-state index in [0.29, 0.717) is 19.4 Å². The number of nitrogens with zero attached hydrogens (tertiary/aromatic N) is 1. The van der Waals surface area contributed by atoms with Gasteiger partial charge in [-0.25, -0.2) is 0 Å². The second kappa shape index (κ2) is 11.0. The summed E-state index contributed by atoms with van der Waals surface area (Å²) < 4.78 is 44.8. The van der Waals surface area contributed by atoms with Gasteiger partial charge < -0.3 is 15.0 Å². The van der Waals surface area contributed by atoms with Crippen LogP contribution in [0.25, 0.3) is 0 Å². The Labute approximate surface area is 209 Å². The normalized spacial score (nSPS) is 15.0. The molecule has 0 fully saturated rings. The van der Waals surface area contributed by atoms with Gasteiger partial charge in [0.2, 0.25) is 5.91 Å². The molecular formula is C28H30F3N3O2. The highest BCUT2D eigenvalue weighted by Gasteiger charge is 2.30. The number of alkyl halides is 3. The number of halogens is 3. The summed E-state index contributed by atoms with van der Waals surface area (Å²) >= 11 is 0. The number of amides is 1. The molecule has 1 aliphatic rings. The molecule has 1 amide bonds. The highest BCUT2D eigenvalue weighted by atomic mass is 19.4. The maximum Gasteiger partial charge on any atom is 0.416 e. The fraction of sp³-hybridized carbons (Fsp3) is 0.321. The minimum Gasteiger partial charge on any atom is -0.490 e. The Morgan fingerprint density at radius 1 is 1.03 bits per heavy atom. The van der Waals surface area contributed by atoms with Crippen molar-refractivity contribution in [2.75, 3.05) is 32.1 Å². The summed E-state index contributed by atoms with van der Waals surface area (Å²) in [6, 6.07) is 19.8. The molecular weight excluding hydrogens is 467 g/mol. The molecule has 0 saturated heterocycles. The molecule has 0 radical (unpaired) electrons. The van der Waals surface area contributed by atoms with Crippen LogP contribution in [0.4, 0.5) is 18.9 Å². The summed E-state index contributed by atoms with van der Waals surface area (Å²) in [5, 5.41) is 6.23. The molecule has 0 aliphatic carbocycles. The SMILES string of the molecule is CNC(=O)C(NC(CCc1ccc(C(F)(F)F)cc1)c1ccc2c(c1)OCCN2C)c1ccccc1. The zero-order valence-electron chi connectivity index (χ0n) is 20.3. The van der Waals surface area contributed by atoms with E-state index < -0.39 is 17.8 Å². The molecule has 4 rings (SSSR count). The number of hydrogen-bond acceptors (Lipinski definition) is 4. The molecule has 0 bridgehead atoms. The zero-order chi connectivity index (χ0) is 25.7. The first-order valence-electron chi connectivity index (χ1n) is 11.9. The van der Waals surface area contributed by atoms with Crippen LogP contribution in [0.1, 0.15) is 40.8 Å². The fourth-order valence-corrected chi connectivity index (χ4v) is 4.42. The van der Waals surface area contributed by atoms with E-state index in [1.165, 1.54) is 12.1 Å². The molecule has 1 aliphatic heterocycles. The lowest BCUT2D eigenvalue weighted by Gasteiger charge is -2.30. The molecule has 5 nitrogen and oxygen atoms in total. The van der Waals surface area contributed by atoms with Crippen molar-refractivity contribution >= 4 is 11.6 Å². The first-order valence-corrected chi connectivity index (χ1v) is 11.9. The van der Waals surface area contributed by atoms with E-state index in [0.717, 1.165) is 46.8 Å². The summed E-state index contributed by atoms with van der Waals surface area (Å²) in [5.41, 5.74) is 2.89. The van der Waals surface area contributed by atoms with E-state index >= 15 is 0 Å². The van der Waals surface area contributed by atoms with Crippen LogP contribution in [0, 0.1) is 0 Å². The number of ether oxygens (including phenoxy) is 1.